The predicted octanol–water partition coefficient (Wildman–Crippen LogP) is 3.27. The zero-order chi connectivity index (χ0) is 68.1. The summed E-state index contributed by atoms with van der Waals surface area (Å²) >= 11 is 0. The van der Waals surface area contributed by atoms with Crippen LogP contribution in [-0.4, -0.2) is 171 Å². The van der Waals surface area contributed by atoms with Crippen molar-refractivity contribution >= 4 is 83.1 Å². The smallest absolute Gasteiger partial charge is 0.340 e. The Labute approximate surface area is 523 Å². The van der Waals surface area contributed by atoms with Crippen molar-refractivity contribution < 1.29 is 143 Å². The van der Waals surface area contributed by atoms with Gasteiger partial charge in [0.15, 0.2) is 72.3 Å². The highest BCUT2D eigenvalue weighted by Gasteiger charge is 2.57. The van der Waals surface area contributed by atoms with Gasteiger partial charge in [-0.1, -0.05) is 6.07 Å². The van der Waals surface area contributed by atoms with Gasteiger partial charge in [-0.2, -0.15) is 0 Å². The number of ether oxygens (including phenoxy) is 16. The summed E-state index contributed by atoms with van der Waals surface area (Å²) in [6, 6.07) is 2.29. The van der Waals surface area contributed by atoms with Gasteiger partial charge in [-0.05, 0) is 51.0 Å². The molecule has 2 fully saturated rings. The molecule has 0 radical (unpaired) electrons. The number of aryl methyl sites for hydroxylation is 1. The largest absolute Gasteiger partial charge is 0.497 e. The molecule has 2 aliphatic heterocycles. The normalized spacial score (nSPS) is 22.6. The highest BCUT2D eigenvalue weighted by molar-refractivity contribution is 6.31. The number of rotatable bonds is 20. The molecule has 0 unspecified atom stereocenters. The minimum atomic E-state index is -2.18. The first-order valence-electron chi connectivity index (χ1n) is 28.3. The zero-order valence-corrected chi connectivity index (χ0v) is 52.1. The third-order valence-electron chi connectivity index (χ3n) is 14.0. The SMILES string of the molecule is CCOC(=O)C(NC(=O)c1c(C)cc2c(c1OC(C)=O)-c1c(cc3c(c1OC(C)=O)C(=O)c1cc(OC)cc(OC(C)=O)c1C3=O)[C@H](OC(C)=O)[C@H]2O[C@@H]1O[C@H](C)[C@H](OC(C)=O)[C@H](O[C@@H]2OC[C@@H](OC(C)=O)[C@H](OC(C)=O)[C@H]2OC(C)=O)[C@H]1OC(C)=O)C(=O)OCC. The average Bonchev–Trinajstić information content (AvgIpc) is 0.702. The van der Waals surface area contributed by atoms with Gasteiger partial charge < -0.3 is 81.1 Å². The first-order chi connectivity index (χ1) is 43.3. The Bertz CT molecular complexity index is 3550. The maximum absolute atomic E-state index is 15.3. The molecule has 3 aromatic carbocycles. The van der Waals surface area contributed by atoms with Crippen molar-refractivity contribution in [3.63, 3.8) is 0 Å². The molecule has 0 aromatic heterocycles. The summed E-state index contributed by atoms with van der Waals surface area (Å²) in [5.41, 5.74) is -4.94. The van der Waals surface area contributed by atoms with Crippen LogP contribution in [0.2, 0.25) is 0 Å². The Balaban J connectivity index is 1.57. The second-order valence-electron chi connectivity index (χ2n) is 20.9. The number of nitrogens with one attached hydrogen (secondary N) is 1. The lowest BCUT2D eigenvalue weighted by Crippen LogP contribution is -2.65. The number of esters is 11. The minimum absolute atomic E-state index is 0.100. The number of methoxy groups -OCH3 is 1. The number of benzene rings is 3. The van der Waals surface area contributed by atoms with E-state index in [1.165, 1.54) is 40.9 Å². The van der Waals surface area contributed by atoms with Crippen LogP contribution in [0.1, 0.15) is 154 Å². The van der Waals surface area contributed by atoms with Crippen LogP contribution >= 0.6 is 0 Å². The molecule has 1 amide bonds. The van der Waals surface area contributed by atoms with E-state index in [1.807, 2.05) is 0 Å². The first kappa shape index (κ1) is 69.7. The molecular formula is C61H65NO30. The Morgan fingerprint density at radius 2 is 1.01 bits per heavy atom. The molecule has 7 rings (SSSR count). The van der Waals surface area contributed by atoms with Crippen molar-refractivity contribution in [1.82, 2.24) is 5.32 Å². The van der Waals surface area contributed by atoms with Crippen LogP contribution in [0.25, 0.3) is 11.1 Å². The molecule has 2 aliphatic carbocycles. The second-order valence-corrected chi connectivity index (χ2v) is 20.9. The molecule has 3 aromatic rings. The average molecular weight is 1290 g/mol. The van der Waals surface area contributed by atoms with Crippen LogP contribution in [0.3, 0.4) is 0 Å². The Morgan fingerprint density at radius 1 is 0.522 bits per heavy atom. The van der Waals surface area contributed by atoms with Crippen molar-refractivity contribution in [3.05, 3.63) is 68.8 Å². The van der Waals surface area contributed by atoms with Crippen LogP contribution in [0.5, 0.6) is 23.0 Å². The van der Waals surface area contributed by atoms with Crippen molar-refractivity contribution in [2.24, 2.45) is 0 Å². The number of fused-ring (bicyclic) bond motifs is 5. The third-order valence-corrected chi connectivity index (χ3v) is 14.0. The second kappa shape index (κ2) is 29.1. The topological polar surface area (TPSA) is 399 Å². The molecule has 4 aliphatic rings. The van der Waals surface area contributed by atoms with E-state index in [9.17, 15) is 52.7 Å². The number of carbonyl (C=O) groups is 14. The molecule has 2 heterocycles. The first-order valence-corrected chi connectivity index (χ1v) is 28.3. The summed E-state index contributed by atoms with van der Waals surface area (Å²) in [4.78, 5) is 190. The lowest BCUT2D eigenvalue weighted by atomic mass is 9.73. The molecule has 0 spiro atoms. The van der Waals surface area contributed by atoms with Crippen LogP contribution in [0.15, 0.2) is 24.3 Å². The highest BCUT2D eigenvalue weighted by Crippen LogP contribution is 2.59. The number of ketones is 2. The molecule has 0 saturated carbocycles. The molecular weight excluding hydrogens is 1230 g/mol. The summed E-state index contributed by atoms with van der Waals surface area (Å²) in [6.45, 7) is 13.0. The zero-order valence-electron chi connectivity index (χ0n) is 52.1. The molecule has 0 bridgehead atoms. The van der Waals surface area contributed by atoms with E-state index in [1.54, 1.807) is 0 Å². The minimum Gasteiger partial charge on any atom is -0.497 e. The Kier molecular flexibility index (Phi) is 22.0. The van der Waals surface area contributed by atoms with Gasteiger partial charge in [-0.15, -0.1) is 0 Å². The Morgan fingerprint density at radius 3 is 1.54 bits per heavy atom. The fraction of sp³-hybridized carbons (Fsp3) is 0.475. The van der Waals surface area contributed by atoms with Crippen molar-refractivity contribution in [2.75, 3.05) is 26.9 Å². The number of amides is 1. The quantitative estimate of drug-likeness (QED) is 0.0574. The predicted molar refractivity (Wildman–Crippen MR) is 300 cm³/mol. The summed E-state index contributed by atoms with van der Waals surface area (Å²) in [7, 11) is 1.21. The lowest BCUT2D eigenvalue weighted by molar-refractivity contribution is -0.355. The van der Waals surface area contributed by atoms with Gasteiger partial charge in [-0.3, -0.25) is 57.5 Å². The van der Waals surface area contributed by atoms with E-state index in [2.05, 4.69) is 5.32 Å². The number of carbonyl (C=O) groups excluding carboxylic acids is 14. The summed E-state index contributed by atoms with van der Waals surface area (Å²) in [6.07, 6.45) is -20.0. The number of hydrogen-bond donors (Lipinski definition) is 1. The van der Waals surface area contributed by atoms with Crippen molar-refractivity contribution in [1.29, 1.82) is 0 Å². The number of hydrogen-bond acceptors (Lipinski definition) is 30. The van der Waals surface area contributed by atoms with Gasteiger partial charge in [0, 0.05) is 96.2 Å². The molecule has 494 valence electrons. The maximum Gasteiger partial charge on any atom is 0.340 e. The molecule has 31 heteroatoms. The fourth-order valence-electron chi connectivity index (χ4n) is 10.9. The molecule has 2 saturated heterocycles. The standard InChI is InChI=1S/C61H65NO30/c1-15-78-58(75)45(59(76)79-16-2)62-57(74)40-22(3)17-36-42(52(40)87-29(10)68)43-37(20-35-44(53(43)88-30(11)69)47(73)34-18-33(77-14)19-38(82-24(5)63)41(34)46(35)72)49(85-27(8)66)50(36)91-61-56(90-32(13)71)54(48(23(4)81-61)84-26(7)65)92-60-55(89-31(12)70)51(86-28(9)67)39(21-80-60)83-25(6)64/h17-20,23,39,45,48-51,54-56,60-61H,15-16,21H2,1-14H3,(H,62,74)/t23-,39-,48+,49+,50+,51+,54+,55-,56-,60+,61+/m1/s1. The van der Waals surface area contributed by atoms with Gasteiger partial charge >= 0.3 is 65.7 Å². The van der Waals surface area contributed by atoms with E-state index in [0.29, 0.717) is 0 Å². The summed E-state index contributed by atoms with van der Waals surface area (Å²) in [5, 5.41) is 2.26. The lowest BCUT2D eigenvalue weighted by Gasteiger charge is -2.48. The molecule has 1 N–H and O–H groups in total. The van der Waals surface area contributed by atoms with Crippen molar-refractivity contribution in [2.45, 2.75) is 164 Å². The molecule has 92 heavy (non-hydrogen) atoms. The third kappa shape index (κ3) is 15.0. The summed E-state index contributed by atoms with van der Waals surface area (Å²) in [5.74, 6) is -17.6. The van der Waals surface area contributed by atoms with E-state index in [-0.39, 0.29) is 30.1 Å². The van der Waals surface area contributed by atoms with E-state index in [0.717, 1.165) is 80.5 Å². The van der Waals surface area contributed by atoms with Gasteiger partial charge in [0.1, 0.15) is 23.7 Å². The Hall–Kier alpha value is -9.72. The van der Waals surface area contributed by atoms with Crippen molar-refractivity contribution in [3.8, 4) is 34.1 Å². The van der Waals surface area contributed by atoms with Crippen LogP contribution in [0.4, 0.5) is 0 Å². The maximum atomic E-state index is 15.3. The highest BCUT2D eigenvalue weighted by atomic mass is 16.8. The van der Waals surface area contributed by atoms with E-state index >= 15 is 14.4 Å². The van der Waals surface area contributed by atoms with Crippen LogP contribution in [0, 0.1) is 6.92 Å². The van der Waals surface area contributed by atoms with Gasteiger partial charge in [-0.25, -0.2) is 9.59 Å². The van der Waals surface area contributed by atoms with Gasteiger partial charge in [0.2, 0.25) is 6.04 Å². The summed E-state index contributed by atoms with van der Waals surface area (Å²) < 4.78 is 93.0. The van der Waals surface area contributed by atoms with Gasteiger partial charge in [0.25, 0.3) is 5.91 Å². The van der Waals surface area contributed by atoms with E-state index < -0.39 is 225 Å². The molecule has 11 atom stereocenters. The monoisotopic (exact) mass is 1290 g/mol. The van der Waals surface area contributed by atoms with E-state index in [4.69, 9.17) is 75.8 Å². The van der Waals surface area contributed by atoms with Crippen LogP contribution < -0.4 is 24.3 Å². The molecule has 31 nitrogen and oxygen atoms in total. The van der Waals surface area contributed by atoms with Crippen LogP contribution in [-0.2, 0) is 110 Å². The van der Waals surface area contributed by atoms with Gasteiger partial charge in [0.05, 0.1) is 49.7 Å². The fourth-order valence-corrected chi connectivity index (χ4v) is 10.9.